The molecule has 0 spiro atoms. The number of anilines is 1. The Kier molecular flexibility index (Phi) is 3.79. The lowest BCUT2D eigenvalue weighted by Crippen LogP contribution is -2.19. The van der Waals surface area contributed by atoms with Gasteiger partial charge in [-0.3, -0.25) is 9.97 Å². The number of aromatic nitrogens is 2. The second-order valence-corrected chi connectivity index (χ2v) is 5.08. The molecule has 2 aromatic heterocycles. The fourth-order valence-electron chi connectivity index (χ4n) is 2.53. The number of fused-ring (bicyclic) bond motifs is 1. The van der Waals surface area contributed by atoms with Gasteiger partial charge in [0.05, 0.1) is 5.52 Å². The molecular formula is C17H18N4. The summed E-state index contributed by atoms with van der Waals surface area (Å²) in [6.45, 7) is 0. The molecule has 0 radical (unpaired) electrons. The van der Waals surface area contributed by atoms with Gasteiger partial charge < -0.3 is 11.1 Å². The van der Waals surface area contributed by atoms with Crippen LogP contribution in [-0.4, -0.2) is 17.0 Å². The number of hydrogen-bond donors (Lipinski definition) is 2. The van der Waals surface area contributed by atoms with E-state index in [1.807, 2.05) is 31.6 Å². The second kappa shape index (κ2) is 5.89. The number of rotatable bonds is 4. The Balaban J connectivity index is 1.93. The first-order valence-corrected chi connectivity index (χ1v) is 6.98. The van der Waals surface area contributed by atoms with Crippen LogP contribution in [0.25, 0.3) is 10.9 Å². The van der Waals surface area contributed by atoms with Crippen LogP contribution in [0.2, 0.25) is 0 Å². The van der Waals surface area contributed by atoms with E-state index in [0.29, 0.717) is 0 Å². The molecule has 21 heavy (non-hydrogen) atoms. The van der Waals surface area contributed by atoms with Crippen molar-refractivity contribution in [1.29, 1.82) is 0 Å². The summed E-state index contributed by atoms with van der Waals surface area (Å²) < 4.78 is 0. The van der Waals surface area contributed by atoms with Gasteiger partial charge in [0.25, 0.3) is 0 Å². The van der Waals surface area contributed by atoms with E-state index in [1.165, 1.54) is 5.56 Å². The number of pyridine rings is 2. The van der Waals surface area contributed by atoms with E-state index in [9.17, 15) is 0 Å². The number of nitrogen functional groups attached to an aromatic ring is 1. The van der Waals surface area contributed by atoms with Crippen LogP contribution in [0, 0.1) is 0 Å². The number of nitrogens with one attached hydrogen (secondary N) is 1. The van der Waals surface area contributed by atoms with Crippen molar-refractivity contribution in [2.75, 3.05) is 12.8 Å². The van der Waals surface area contributed by atoms with Gasteiger partial charge in [0.2, 0.25) is 0 Å². The first kappa shape index (κ1) is 13.5. The average Bonchev–Trinajstić information content (AvgIpc) is 2.54. The van der Waals surface area contributed by atoms with Gasteiger partial charge in [-0.2, -0.15) is 0 Å². The Morgan fingerprint density at radius 1 is 1.19 bits per heavy atom. The Hall–Kier alpha value is -2.46. The van der Waals surface area contributed by atoms with Gasteiger partial charge in [0, 0.05) is 35.7 Å². The summed E-state index contributed by atoms with van der Waals surface area (Å²) in [7, 11) is 1.96. The van der Waals surface area contributed by atoms with Crippen LogP contribution >= 0.6 is 0 Å². The number of nitrogens with two attached hydrogens (primary N) is 1. The molecule has 0 amide bonds. The van der Waals surface area contributed by atoms with Crippen molar-refractivity contribution in [3.63, 3.8) is 0 Å². The van der Waals surface area contributed by atoms with Crippen LogP contribution in [-0.2, 0) is 6.42 Å². The van der Waals surface area contributed by atoms with Crippen LogP contribution in [0.3, 0.4) is 0 Å². The third kappa shape index (κ3) is 2.85. The Labute approximate surface area is 124 Å². The van der Waals surface area contributed by atoms with Crippen LogP contribution in [0.1, 0.15) is 17.2 Å². The maximum atomic E-state index is 6.01. The van der Waals surface area contributed by atoms with E-state index in [-0.39, 0.29) is 6.04 Å². The lowest BCUT2D eigenvalue weighted by molar-refractivity contribution is 0.592. The van der Waals surface area contributed by atoms with Crippen molar-refractivity contribution >= 4 is 16.6 Å². The van der Waals surface area contributed by atoms with Crippen molar-refractivity contribution < 1.29 is 0 Å². The van der Waals surface area contributed by atoms with E-state index in [4.69, 9.17) is 5.73 Å². The number of benzene rings is 1. The van der Waals surface area contributed by atoms with Crippen molar-refractivity contribution in [3.05, 3.63) is 66.1 Å². The molecule has 1 atom stereocenters. The summed E-state index contributed by atoms with van der Waals surface area (Å²) in [6, 6.07) is 12.4. The quantitative estimate of drug-likeness (QED) is 0.770. The molecule has 0 saturated carbocycles. The van der Waals surface area contributed by atoms with Gasteiger partial charge in [-0.1, -0.05) is 12.1 Å². The molecule has 3 rings (SSSR count). The SMILES string of the molecule is CNC(Cc1cnccc1N)c1ccc2ncccc2c1. The lowest BCUT2D eigenvalue weighted by Gasteiger charge is -2.18. The summed E-state index contributed by atoms with van der Waals surface area (Å²) in [5.41, 5.74) is 10.1. The molecular weight excluding hydrogens is 260 g/mol. The normalized spacial score (nSPS) is 12.4. The van der Waals surface area contributed by atoms with Gasteiger partial charge in [-0.15, -0.1) is 0 Å². The molecule has 0 fully saturated rings. The molecule has 0 bridgehead atoms. The summed E-state index contributed by atoms with van der Waals surface area (Å²) >= 11 is 0. The maximum Gasteiger partial charge on any atom is 0.0702 e. The molecule has 0 aliphatic rings. The predicted octanol–water partition coefficient (Wildman–Crippen LogP) is 2.72. The fraction of sp³-hybridized carbons (Fsp3) is 0.176. The highest BCUT2D eigenvalue weighted by molar-refractivity contribution is 5.79. The van der Waals surface area contributed by atoms with E-state index in [1.54, 1.807) is 6.20 Å². The monoisotopic (exact) mass is 278 g/mol. The van der Waals surface area contributed by atoms with E-state index in [0.717, 1.165) is 28.6 Å². The van der Waals surface area contributed by atoms with E-state index >= 15 is 0 Å². The Morgan fingerprint density at radius 2 is 2.10 bits per heavy atom. The van der Waals surface area contributed by atoms with Crippen molar-refractivity contribution in [2.45, 2.75) is 12.5 Å². The Bertz CT molecular complexity index is 754. The zero-order valence-electron chi connectivity index (χ0n) is 12.0. The van der Waals surface area contributed by atoms with Crippen molar-refractivity contribution in [3.8, 4) is 0 Å². The van der Waals surface area contributed by atoms with Gasteiger partial charge in [0.15, 0.2) is 0 Å². The zero-order chi connectivity index (χ0) is 14.7. The molecule has 3 aromatic rings. The van der Waals surface area contributed by atoms with Gasteiger partial charge in [-0.05, 0) is 48.9 Å². The minimum absolute atomic E-state index is 0.195. The highest BCUT2D eigenvalue weighted by Crippen LogP contribution is 2.23. The predicted molar refractivity (Wildman–Crippen MR) is 85.9 cm³/mol. The summed E-state index contributed by atoms with van der Waals surface area (Å²) in [5.74, 6) is 0. The average molecular weight is 278 g/mol. The topological polar surface area (TPSA) is 63.8 Å². The van der Waals surface area contributed by atoms with Crippen LogP contribution in [0.5, 0.6) is 0 Å². The molecule has 0 aliphatic carbocycles. The molecule has 0 saturated heterocycles. The van der Waals surface area contributed by atoms with Crippen molar-refractivity contribution in [1.82, 2.24) is 15.3 Å². The molecule has 1 aromatic carbocycles. The second-order valence-electron chi connectivity index (χ2n) is 5.08. The van der Waals surface area contributed by atoms with Crippen LogP contribution in [0.15, 0.2) is 55.0 Å². The summed E-state index contributed by atoms with van der Waals surface area (Å²) in [4.78, 5) is 8.51. The van der Waals surface area contributed by atoms with Crippen LogP contribution < -0.4 is 11.1 Å². The zero-order valence-corrected chi connectivity index (χ0v) is 12.0. The highest BCUT2D eigenvalue weighted by atomic mass is 14.9. The fourth-order valence-corrected chi connectivity index (χ4v) is 2.53. The molecule has 0 aliphatic heterocycles. The third-order valence-corrected chi connectivity index (χ3v) is 3.74. The minimum Gasteiger partial charge on any atom is -0.398 e. The van der Waals surface area contributed by atoms with Crippen molar-refractivity contribution in [2.24, 2.45) is 0 Å². The number of likely N-dealkylation sites (N-methyl/N-ethyl adjacent to an activating group) is 1. The maximum absolute atomic E-state index is 6.01. The first-order valence-electron chi connectivity index (χ1n) is 6.98. The first-order chi connectivity index (χ1) is 10.3. The molecule has 4 nitrogen and oxygen atoms in total. The molecule has 1 unspecified atom stereocenters. The van der Waals surface area contributed by atoms with E-state index in [2.05, 4.69) is 39.6 Å². The van der Waals surface area contributed by atoms with Gasteiger partial charge >= 0.3 is 0 Å². The third-order valence-electron chi connectivity index (χ3n) is 3.74. The summed E-state index contributed by atoms with van der Waals surface area (Å²) in [5, 5.41) is 4.50. The molecule has 106 valence electrons. The highest BCUT2D eigenvalue weighted by Gasteiger charge is 2.12. The lowest BCUT2D eigenvalue weighted by atomic mass is 9.98. The molecule has 4 heteroatoms. The van der Waals surface area contributed by atoms with Crippen LogP contribution in [0.4, 0.5) is 5.69 Å². The number of hydrogen-bond acceptors (Lipinski definition) is 4. The number of nitrogens with zero attached hydrogens (tertiary/aromatic N) is 2. The molecule has 2 heterocycles. The standard InChI is InChI=1S/C17H18N4/c1-19-17(10-14-11-20-8-6-15(14)18)13-4-5-16-12(9-13)3-2-7-21-16/h2-9,11,17,19H,10H2,1H3,(H2,18,20). The Morgan fingerprint density at radius 3 is 2.90 bits per heavy atom. The van der Waals surface area contributed by atoms with E-state index < -0.39 is 0 Å². The molecule has 3 N–H and O–H groups in total. The minimum atomic E-state index is 0.195. The smallest absolute Gasteiger partial charge is 0.0702 e. The van der Waals surface area contributed by atoms with Gasteiger partial charge in [-0.25, -0.2) is 0 Å². The van der Waals surface area contributed by atoms with Gasteiger partial charge in [0.1, 0.15) is 0 Å². The summed E-state index contributed by atoms with van der Waals surface area (Å²) in [6.07, 6.45) is 6.17. The largest absolute Gasteiger partial charge is 0.398 e.